The summed E-state index contributed by atoms with van der Waals surface area (Å²) in [7, 11) is -2.07. The second-order valence-corrected chi connectivity index (χ2v) is 11.7. The molecule has 1 N–H and O–H groups in total. The van der Waals surface area contributed by atoms with Gasteiger partial charge in [0.1, 0.15) is 12.3 Å². The van der Waals surface area contributed by atoms with Gasteiger partial charge in [-0.05, 0) is 68.5 Å². The fraction of sp³-hybridized carbons (Fsp3) is 0.519. The van der Waals surface area contributed by atoms with Crippen LogP contribution in [0, 0.1) is 5.41 Å². The highest BCUT2D eigenvalue weighted by Crippen LogP contribution is 2.57. The number of methoxy groups -OCH3 is 1. The number of hydrogen-bond acceptors (Lipinski definition) is 6. The first-order valence-electron chi connectivity index (χ1n) is 12.8. The van der Waals surface area contributed by atoms with Crippen molar-refractivity contribution in [2.24, 2.45) is 5.41 Å². The number of carbonyl (C=O) groups excluding carboxylic acids is 1. The molecule has 2 aromatic rings. The maximum Gasteiger partial charge on any atom is 0.355 e. The molecular weight excluding hydrogens is 478 g/mol. The zero-order valence-corrected chi connectivity index (χ0v) is 21.9. The molecule has 0 radical (unpaired) electrons. The van der Waals surface area contributed by atoms with E-state index >= 15 is 0 Å². The number of nitrogens with one attached hydrogen (secondary N) is 1. The summed E-state index contributed by atoms with van der Waals surface area (Å²) in [5, 5.41) is 0.893. The summed E-state index contributed by atoms with van der Waals surface area (Å²) in [4.78, 5) is 16.1. The predicted molar refractivity (Wildman–Crippen MR) is 139 cm³/mol. The number of benzene rings is 1. The van der Waals surface area contributed by atoms with Crippen LogP contribution in [0.4, 0.5) is 0 Å². The molecule has 1 saturated heterocycles. The van der Waals surface area contributed by atoms with Crippen molar-refractivity contribution in [3.05, 3.63) is 48.2 Å². The fourth-order valence-electron chi connectivity index (χ4n) is 6.34. The molecule has 1 aromatic heterocycles. The standard InChI is InChI=1S/C27H35N3O5S/c1-4-15-35-26(31)23-18-27(5-2)11-6-13-29-14-10-20-21-17-19(36(32,33)28-12-7-16-34-3)8-9-22(21)30(23)24(20)25(27)29/h4,8-9,17-18,25,28H,1,5-7,10-16H2,2-3H3/t25-,27+/m1/s1. The lowest BCUT2D eigenvalue weighted by atomic mass is 9.66. The molecule has 3 aliphatic rings. The summed E-state index contributed by atoms with van der Waals surface area (Å²) >= 11 is 0. The summed E-state index contributed by atoms with van der Waals surface area (Å²) in [5.74, 6) is -0.375. The molecule has 3 aliphatic heterocycles. The highest BCUT2D eigenvalue weighted by Gasteiger charge is 2.51. The summed E-state index contributed by atoms with van der Waals surface area (Å²) in [6, 6.07) is 5.39. The Morgan fingerprint density at radius 1 is 1.33 bits per heavy atom. The number of piperidine rings is 1. The average molecular weight is 514 g/mol. The topological polar surface area (TPSA) is 89.9 Å². The Balaban J connectivity index is 1.66. The van der Waals surface area contributed by atoms with Gasteiger partial charge in [0.05, 0.1) is 16.5 Å². The van der Waals surface area contributed by atoms with E-state index in [1.807, 2.05) is 10.6 Å². The number of nitrogens with zero attached hydrogens (tertiary/aromatic N) is 2. The van der Waals surface area contributed by atoms with E-state index in [9.17, 15) is 13.2 Å². The zero-order valence-electron chi connectivity index (χ0n) is 21.1. The molecule has 4 heterocycles. The number of ether oxygens (including phenoxy) is 2. The van der Waals surface area contributed by atoms with E-state index in [1.165, 1.54) is 0 Å². The highest BCUT2D eigenvalue weighted by atomic mass is 32.2. The van der Waals surface area contributed by atoms with Gasteiger partial charge in [-0.25, -0.2) is 17.9 Å². The third-order valence-corrected chi connectivity index (χ3v) is 9.44. The molecule has 0 spiro atoms. The second-order valence-electron chi connectivity index (χ2n) is 9.92. The number of hydrogen-bond donors (Lipinski definition) is 1. The number of esters is 1. The lowest BCUT2D eigenvalue weighted by Gasteiger charge is -2.53. The van der Waals surface area contributed by atoms with Crippen LogP contribution < -0.4 is 4.72 Å². The molecule has 194 valence electrons. The lowest BCUT2D eigenvalue weighted by molar-refractivity contribution is -0.136. The number of carbonyl (C=O) groups is 1. The maximum atomic E-state index is 13.3. The summed E-state index contributed by atoms with van der Waals surface area (Å²) in [5.41, 5.74) is 3.48. The summed E-state index contributed by atoms with van der Waals surface area (Å²) in [6.45, 7) is 8.77. The smallest absolute Gasteiger partial charge is 0.355 e. The number of aromatic nitrogens is 1. The third kappa shape index (κ3) is 4.02. The van der Waals surface area contributed by atoms with Crippen molar-refractivity contribution < 1.29 is 22.7 Å². The molecule has 0 aliphatic carbocycles. The molecule has 1 aromatic carbocycles. The van der Waals surface area contributed by atoms with Gasteiger partial charge < -0.3 is 14.0 Å². The van der Waals surface area contributed by atoms with Gasteiger partial charge in [0.25, 0.3) is 0 Å². The minimum absolute atomic E-state index is 0.142. The number of rotatable bonds is 10. The van der Waals surface area contributed by atoms with E-state index in [0.29, 0.717) is 25.3 Å². The van der Waals surface area contributed by atoms with E-state index < -0.39 is 10.0 Å². The van der Waals surface area contributed by atoms with Crippen molar-refractivity contribution in [3.8, 4) is 0 Å². The second kappa shape index (κ2) is 9.78. The molecule has 5 rings (SSSR count). The molecule has 36 heavy (non-hydrogen) atoms. The first-order valence-corrected chi connectivity index (χ1v) is 14.3. The normalized spacial score (nSPS) is 23.3. The Morgan fingerprint density at radius 3 is 2.92 bits per heavy atom. The molecule has 0 bridgehead atoms. The largest absolute Gasteiger partial charge is 0.457 e. The minimum Gasteiger partial charge on any atom is -0.457 e. The van der Waals surface area contributed by atoms with E-state index in [0.717, 1.165) is 60.9 Å². The lowest BCUT2D eigenvalue weighted by Crippen LogP contribution is -2.51. The van der Waals surface area contributed by atoms with Crippen LogP contribution in [0.2, 0.25) is 0 Å². The van der Waals surface area contributed by atoms with E-state index in [1.54, 1.807) is 25.3 Å². The molecular formula is C27H35N3O5S. The third-order valence-electron chi connectivity index (χ3n) is 7.98. The minimum atomic E-state index is -3.67. The Morgan fingerprint density at radius 2 is 2.17 bits per heavy atom. The first-order chi connectivity index (χ1) is 17.4. The quantitative estimate of drug-likeness (QED) is 0.297. The van der Waals surface area contributed by atoms with Crippen molar-refractivity contribution in [1.29, 1.82) is 0 Å². The van der Waals surface area contributed by atoms with Crippen LogP contribution in [-0.4, -0.2) is 63.8 Å². The molecule has 2 atom stereocenters. The van der Waals surface area contributed by atoms with Crippen LogP contribution in [0.5, 0.6) is 0 Å². The zero-order chi connectivity index (χ0) is 25.5. The molecule has 0 unspecified atom stereocenters. The molecule has 1 fully saturated rings. The SMILES string of the molecule is C=CCOC(=O)C1=C[C@]2(CC)CCCN3CCc4c(n1c1ccc(S(=O)(=O)NCCCOC)cc41)[C@@H]32. The van der Waals surface area contributed by atoms with Crippen LogP contribution in [0.1, 0.15) is 49.9 Å². The molecule has 9 heteroatoms. The summed E-state index contributed by atoms with van der Waals surface area (Å²) in [6.07, 6.45) is 8.13. The van der Waals surface area contributed by atoms with Crippen molar-refractivity contribution in [3.63, 3.8) is 0 Å². The van der Waals surface area contributed by atoms with Crippen LogP contribution in [0.15, 0.2) is 41.8 Å². The highest BCUT2D eigenvalue weighted by molar-refractivity contribution is 7.89. The fourth-order valence-corrected chi connectivity index (χ4v) is 7.44. The van der Waals surface area contributed by atoms with Gasteiger partial charge in [-0.3, -0.25) is 4.90 Å². The van der Waals surface area contributed by atoms with Crippen molar-refractivity contribution >= 4 is 32.6 Å². The van der Waals surface area contributed by atoms with E-state index in [4.69, 9.17) is 9.47 Å². The average Bonchev–Trinajstić information content (AvgIpc) is 3.23. The van der Waals surface area contributed by atoms with Gasteiger partial charge in [0.2, 0.25) is 10.0 Å². The van der Waals surface area contributed by atoms with Crippen LogP contribution >= 0.6 is 0 Å². The van der Waals surface area contributed by atoms with Crippen molar-refractivity contribution in [1.82, 2.24) is 14.2 Å². The number of fused-ring (bicyclic) bond motifs is 3. The van der Waals surface area contributed by atoms with Gasteiger partial charge in [0.15, 0.2) is 0 Å². The Bertz CT molecular complexity index is 1330. The van der Waals surface area contributed by atoms with E-state index in [2.05, 4.69) is 29.2 Å². The summed E-state index contributed by atoms with van der Waals surface area (Å²) < 4.78 is 41.4. The van der Waals surface area contributed by atoms with E-state index in [-0.39, 0.29) is 28.9 Å². The van der Waals surface area contributed by atoms with Gasteiger partial charge in [-0.15, -0.1) is 0 Å². The van der Waals surface area contributed by atoms with Crippen LogP contribution in [0.3, 0.4) is 0 Å². The van der Waals surface area contributed by atoms with Crippen molar-refractivity contribution in [2.45, 2.75) is 50.0 Å². The van der Waals surface area contributed by atoms with Crippen LogP contribution in [-0.2, 0) is 30.7 Å². The predicted octanol–water partition coefficient (Wildman–Crippen LogP) is 3.63. The molecule has 0 amide bonds. The van der Waals surface area contributed by atoms with Gasteiger partial charge in [-0.2, -0.15) is 0 Å². The monoisotopic (exact) mass is 513 g/mol. The van der Waals surface area contributed by atoms with Crippen LogP contribution in [0.25, 0.3) is 16.6 Å². The Labute approximate surface area is 213 Å². The van der Waals surface area contributed by atoms with Gasteiger partial charge >= 0.3 is 5.97 Å². The maximum absolute atomic E-state index is 13.3. The Kier molecular flexibility index (Phi) is 6.84. The van der Waals surface area contributed by atoms with Gasteiger partial charge in [-0.1, -0.05) is 19.6 Å². The number of sulfonamides is 1. The molecule has 8 nitrogen and oxygen atoms in total. The molecule has 0 saturated carbocycles. The Hall–Kier alpha value is -2.46. The van der Waals surface area contributed by atoms with Crippen molar-refractivity contribution in [2.75, 3.05) is 40.0 Å². The van der Waals surface area contributed by atoms with Gasteiger partial charge in [0, 0.05) is 43.3 Å². The first kappa shape index (κ1) is 25.2.